The summed E-state index contributed by atoms with van der Waals surface area (Å²) in [4.78, 5) is 31.8. The summed E-state index contributed by atoms with van der Waals surface area (Å²) in [5.41, 5.74) is 1.58. The van der Waals surface area contributed by atoms with E-state index in [0.29, 0.717) is 33.0 Å². The number of hydrogen-bond acceptors (Lipinski definition) is 8. The highest BCUT2D eigenvalue weighted by Crippen LogP contribution is 2.36. The Hall–Kier alpha value is -4.28. The van der Waals surface area contributed by atoms with Gasteiger partial charge in [-0.15, -0.1) is 21.5 Å². The zero-order valence-corrected chi connectivity index (χ0v) is 21.8. The van der Waals surface area contributed by atoms with Crippen molar-refractivity contribution < 1.29 is 18.4 Å². The standard InChI is InChI=1S/C24H19ClF2N8O2S/c1-12-8-13(10-28)9-15(21(36)29-3)18(12)31-22(37)19-20(14-6-4-5-7-16(14)25)38-17(30-19)11-35-33-23(32-34-35)24(2,26)27/h4-9H,11H2,1-3H3,(H,29,36)(H,31,37). The summed E-state index contributed by atoms with van der Waals surface area (Å²) < 4.78 is 27.1. The van der Waals surface area contributed by atoms with Gasteiger partial charge in [-0.3, -0.25) is 9.59 Å². The van der Waals surface area contributed by atoms with Gasteiger partial charge in [-0.1, -0.05) is 29.8 Å². The van der Waals surface area contributed by atoms with Gasteiger partial charge in [0.15, 0.2) is 0 Å². The van der Waals surface area contributed by atoms with Crippen LogP contribution in [0.3, 0.4) is 0 Å². The average Bonchev–Trinajstić information content (AvgIpc) is 3.52. The van der Waals surface area contributed by atoms with E-state index in [2.05, 4.69) is 31.0 Å². The van der Waals surface area contributed by atoms with Gasteiger partial charge in [-0.2, -0.15) is 18.8 Å². The summed E-state index contributed by atoms with van der Waals surface area (Å²) in [6, 6.07) is 11.7. The molecule has 2 amide bonds. The Kier molecular flexibility index (Phi) is 7.47. The molecule has 4 aromatic rings. The first-order valence-electron chi connectivity index (χ1n) is 11.0. The molecule has 0 saturated heterocycles. The van der Waals surface area contributed by atoms with E-state index < -0.39 is 23.6 Å². The average molecular weight is 557 g/mol. The van der Waals surface area contributed by atoms with Gasteiger partial charge in [0.2, 0.25) is 5.82 Å². The number of nitriles is 1. The molecule has 14 heteroatoms. The van der Waals surface area contributed by atoms with E-state index in [1.807, 2.05) is 6.07 Å². The zero-order valence-electron chi connectivity index (χ0n) is 20.2. The van der Waals surface area contributed by atoms with Crippen molar-refractivity contribution in [3.8, 4) is 16.5 Å². The number of aromatic nitrogens is 5. The molecular weight excluding hydrogens is 538 g/mol. The smallest absolute Gasteiger partial charge is 0.307 e. The van der Waals surface area contributed by atoms with Crippen molar-refractivity contribution in [2.24, 2.45) is 0 Å². The Bertz CT molecular complexity index is 1590. The molecule has 0 aliphatic heterocycles. The number of aryl methyl sites for hydroxylation is 1. The van der Waals surface area contributed by atoms with E-state index in [-0.39, 0.29) is 29.1 Å². The van der Waals surface area contributed by atoms with Gasteiger partial charge >= 0.3 is 5.92 Å². The Morgan fingerprint density at radius 3 is 2.61 bits per heavy atom. The predicted molar refractivity (Wildman–Crippen MR) is 136 cm³/mol. The number of nitrogens with one attached hydrogen (secondary N) is 2. The summed E-state index contributed by atoms with van der Waals surface area (Å²) in [6.45, 7) is 2.19. The first kappa shape index (κ1) is 26.8. The summed E-state index contributed by atoms with van der Waals surface area (Å²) in [6.07, 6.45) is 0. The van der Waals surface area contributed by atoms with Crippen LogP contribution in [0, 0.1) is 18.3 Å². The van der Waals surface area contributed by atoms with Crippen molar-refractivity contribution in [1.29, 1.82) is 5.26 Å². The molecule has 2 heterocycles. The van der Waals surface area contributed by atoms with Crippen LogP contribution in [0.2, 0.25) is 5.02 Å². The maximum atomic E-state index is 13.5. The molecule has 0 bridgehead atoms. The SMILES string of the molecule is CNC(=O)c1cc(C#N)cc(C)c1NC(=O)c1nc(Cn2nnc(C(C)(F)F)n2)sc1-c1ccccc1Cl. The maximum absolute atomic E-state index is 13.5. The number of hydrogen-bond donors (Lipinski definition) is 2. The largest absolute Gasteiger partial charge is 0.355 e. The number of halogens is 3. The number of carbonyl (C=O) groups is 2. The van der Waals surface area contributed by atoms with Gasteiger partial charge in [-0.25, -0.2) is 4.98 Å². The summed E-state index contributed by atoms with van der Waals surface area (Å²) >= 11 is 7.51. The fourth-order valence-corrected chi connectivity index (χ4v) is 4.89. The Morgan fingerprint density at radius 1 is 1.24 bits per heavy atom. The maximum Gasteiger partial charge on any atom is 0.307 e. The number of thiazole rings is 1. The molecule has 2 aromatic heterocycles. The Morgan fingerprint density at radius 2 is 1.97 bits per heavy atom. The van der Waals surface area contributed by atoms with Crippen LogP contribution >= 0.6 is 22.9 Å². The first-order valence-corrected chi connectivity index (χ1v) is 12.2. The normalized spacial score (nSPS) is 11.2. The second-order valence-electron chi connectivity index (χ2n) is 8.16. The molecule has 0 atom stereocenters. The molecule has 0 aliphatic carbocycles. The van der Waals surface area contributed by atoms with Crippen molar-refractivity contribution in [3.63, 3.8) is 0 Å². The molecule has 0 fully saturated rings. The number of amides is 2. The van der Waals surface area contributed by atoms with E-state index in [1.54, 1.807) is 37.3 Å². The van der Waals surface area contributed by atoms with Crippen molar-refractivity contribution in [2.75, 3.05) is 12.4 Å². The topological polar surface area (TPSA) is 138 Å². The van der Waals surface area contributed by atoms with Crippen LogP contribution in [0.4, 0.5) is 14.5 Å². The number of nitrogens with zero attached hydrogens (tertiary/aromatic N) is 6. The van der Waals surface area contributed by atoms with Crippen LogP contribution < -0.4 is 10.6 Å². The molecule has 0 saturated carbocycles. The monoisotopic (exact) mass is 556 g/mol. The van der Waals surface area contributed by atoms with E-state index in [0.717, 1.165) is 16.1 Å². The first-order chi connectivity index (χ1) is 18.0. The fourth-order valence-electron chi connectivity index (χ4n) is 3.52. The molecule has 0 radical (unpaired) electrons. The van der Waals surface area contributed by atoms with Gasteiger partial charge in [0, 0.05) is 24.6 Å². The minimum Gasteiger partial charge on any atom is -0.355 e. The van der Waals surface area contributed by atoms with Gasteiger partial charge < -0.3 is 10.6 Å². The van der Waals surface area contributed by atoms with Crippen molar-refractivity contribution in [3.05, 3.63) is 74.6 Å². The highest BCUT2D eigenvalue weighted by Gasteiger charge is 2.31. The molecule has 194 valence electrons. The minimum absolute atomic E-state index is 0.00845. The predicted octanol–water partition coefficient (Wildman–Crippen LogP) is 4.40. The molecule has 2 aromatic carbocycles. The molecule has 10 nitrogen and oxygen atoms in total. The lowest BCUT2D eigenvalue weighted by atomic mass is 10.0. The zero-order chi connectivity index (χ0) is 27.6. The lowest BCUT2D eigenvalue weighted by Crippen LogP contribution is -2.23. The van der Waals surface area contributed by atoms with Crippen LogP contribution in [0.25, 0.3) is 10.4 Å². The third kappa shape index (κ3) is 5.51. The lowest BCUT2D eigenvalue weighted by Gasteiger charge is -2.14. The van der Waals surface area contributed by atoms with Gasteiger partial charge in [0.05, 0.1) is 27.8 Å². The van der Waals surface area contributed by atoms with Gasteiger partial charge in [0.25, 0.3) is 11.8 Å². The van der Waals surface area contributed by atoms with Crippen molar-refractivity contribution >= 4 is 40.4 Å². The number of carbonyl (C=O) groups excluding carboxylic acids is 2. The van der Waals surface area contributed by atoms with Crippen molar-refractivity contribution in [2.45, 2.75) is 26.3 Å². The summed E-state index contributed by atoms with van der Waals surface area (Å²) in [7, 11) is 1.43. The summed E-state index contributed by atoms with van der Waals surface area (Å²) in [5.74, 6) is -5.15. The molecule has 2 N–H and O–H groups in total. The molecule has 0 aliphatic rings. The number of alkyl halides is 2. The van der Waals surface area contributed by atoms with E-state index in [9.17, 15) is 23.6 Å². The minimum atomic E-state index is -3.27. The third-order valence-electron chi connectivity index (χ3n) is 5.30. The third-order valence-corrected chi connectivity index (χ3v) is 6.71. The number of anilines is 1. The lowest BCUT2D eigenvalue weighted by molar-refractivity contribution is 0.00738. The molecule has 38 heavy (non-hydrogen) atoms. The fraction of sp³-hybridized carbons (Fsp3) is 0.208. The number of rotatable bonds is 7. The van der Waals surface area contributed by atoms with Crippen LogP contribution in [-0.4, -0.2) is 44.1 Å². The van der Waals surface area contributed by atoms with E-state index in [4.69, 9.17) is 11.6 Å². The Balaban J connectivity index is 1.76. The quantitative estimate of drug-likeness (QED) is 0.344. The van der Waals surface area contributed by atoms with Gasteiger partial charge in [-0.05, 0) is 35.9 Å². The molecule has 0 spiro atoms. The van der Waals surface area contributed by atoms with E-state index >= 15 is 0 Å². The molecule has 4 rings (SSSR count). The Labute approximate surface area is 224 Å². The molecule has 0 unspecified atom stereocenters. The number of tetrazole rings is 1. The highest BCUT2D eigenvalue weighted by atomic mass is 35.5. The van der Waals surface area contributed by atoms with Crippen LogP contribution in [0.5, 0.6) is 0 Å². The van der Waals surface area contributed by atoms with Crippen LogP contribution in [0.15, 0.2) is 36.4 Å². The van der Waals surface area contributed by atoms with Crippen LogP contribution in [-0.2, 0) is 12.5 Å². The highest BCUT2D eigenvalue weighted by molar-refractivity contribution is 7.15. The van der Waals surface area contributed by atoms with Crippen molar-refractivity contribution in [1.82, 2.24) is 30.5 Å². The number of benzene rings is 2. The van der Waals surface area contributed by atoms with E-state index in [1.165, 1.54) is 13.1 Å². The van der Waals surface area contributed by atoms with Crippen LogP contribution in [0.1, 0.15) is 49.7 Å². The summed E-state index contributed by atoms with van der Waals surface area (Å²) in [5, 5.41) is 26.0. The second-order valence-corrected chi connectivity index (χ2v) is 9.65. The molecular formula is C24H19ClF2N8O2S. The second kappa shape index (κ2) is 10.6. The van der Waals surface area contributed by atoms with Gasteiger partial charge in [0.1, 0.15) is 17.2 Å².